The summed E-state index contributed by atoms with van der Waals surface area (Å²) in [7, 11) is 1.45. The van der Waals surface area contributed by atoms with E-state index in [1.807, 2.05) is 4.90 Å². The van der Waals surface area contributed by atoms with E-state index < -0.39 is 17.1 Å². The highest BCUT2D eigenvalue weighted by atomic mass is 19.1. The lowest BCUT2D eigenvalue weighted by Gasteiger charge is -2.29. The summed E-state index contributed by atoms with van der Waals surface area (Å²) >= 11 is 0. The van der Waals surface area contributed by atoms with Crippen molar-refractivity contribution in [2.45, 2.75) is 44.1 Å². The fourth-order valence-electron chi connectivity index (χ4n) is 5.33. The number of anilines is 1. The standard InChI is InChI=1S/C20H26FN5O3/c1-29-18-16(24-7-11-3-2-4-14(22)12(11)8-24)13(21)9-25-17(18)15(10-5-6-10)19(27)26(23)20(25)28/h9-12,14H,2-8,22-23H2,1H3. The van der Waals surface area contributed by atoms with Crippen molar-refractivity contribution in [3.63, 3.8) is 0 Å². The van der Waals surface area contributed by atoms with Gasteiger partial charge in [-0.25, -0.2) is 9.18 Å². The van der Waals surface area contributed by atoms with E-state index in [9.17, 15) is 9.59 Å². The second-order valence-corrected chi connectivity index (χ2v) is 8.65. The fraction of sp³-hybridized carbons (Fsp3) is 0.600. The molecule has 3 aliphatic rings. The number of nitrogens with two attached hydrogens (primary N) is 2. The van der Waals surface area contributed by atoms with Gasteiger partial charge in [0.15, 0.2) is 11.6 Å². The number of methoxy groups -OCH3 is 1. The number of ether oxygens (including phenoxy) is 1. The van der Waals surface area contributed by atoms with Crippen LogP contribution in [-0.2, 0) is 0 Å². The van der Waals surface area contributed by atoms with Crippen LogP contribution in [0.2, 0.25) is 0 Å². The van der Waals surface area contributed by atoms with Gasteiger partial charge in [0.2, 0.25) is 0 Å². The molecule has 0 radical (unpaired) electrons. The summed E-state index contributed by atoms with van der Waals surface area (Å²) in [6.07, 6.45) is 5.96. The molecule has 2 aliphatic carbocycles. The van der Waals surface area contributed by atoms with Crippen molar-refractivity contribution in [1.82, 2.24) is 9.08 Å². The van der Waals surface area contributed by atoms with E-state index in [0.29, 0.717) is 46.4 Å². The Hall–Kier alpha value is -2.55. The van der Waals surface area contributed by atoms with Crippen molar-refractivity contribution in [3.05, 3.63) is 38.4 Å². The molecule has 3 atom stereocenters. The SMILES string of the molecule is COc1c(N2CC3CCCC(N)C3C2)c(F)cn2c(=O)n(N)c(=O)c(C3CC3)c12. The summed E-state index contributed by atoms with van der Waals surface area (Å²) in [5, 5.41) is 0. The van der Waals surface area contributed by atoms with Crippen LogP contribution in [0.25, 0.3) is 5.52 Å². The molecule has 3 unspecified atom stereocenters. The smallest absolute Gasteiger partial charge is 0.354 e. The van der Waals surface area contributed by atoms with Crippen LogP contribution in [0, 0.1) is 17.7 Å². The Kier molecular flexibility index (Phi) is 4.13. The minimum absolute atomic E-state index is 0.00897. The molecule has 0 spiro atoms. The van der Waals surface area contributed by atoms with E-state index in [4.69, 9.17) is 16.3 Å². The van der Waals surface area contributed by atoms with Crippen LogP contribution in [0.4, 0.5) is 10.1 Å². The predicted molar refractivity (Wildman–Crippen MR) is 108 cm³/mol. The molecule has 29 heavy (non-hydrogen) atoms. The van der Waals surface area contributed by atoms with Gasteiger partial charge >= 0.3 is 5.69 Å². The summed E-state index contributed by atoms with van der Waals surface area (Å²) < 4.78 is 22.6. The van der Waals surface area contributed by atoms with Gasteiger partial charge < -0.3 is 21.2 Å². The molecule has 1 aliphatic heterocycles. The highest BCUT2D eigenvalue weighted by Gasteiger charge is 2.41. The van der Waals surface area contributed by atoms with E-state index in [-0.39, 0.29) is 17.7 Å². The number of hydrogen-bond donors (Lipinski definition) is 2. The van der Waals surface area contributed by atoms with Crippen LogP contribution in [0.15, 0.2) is 15.8 Å². The maximum Gasteiger partial charge on any atom is 0.354 e. The molecule has 4 N–H and O–H groups in total. The molecule has 2 saturated carbocycles. The molecule has 3 heterocycles. The lowest BCUT2D eigenvalue weighted by molar-refractivity contribution is 0.260. The Bertz CT molecular complexity index is 1110. The van der Waals surface area contributed by atoms with Crippen LogP contribution in [0.1, 0.15) is 43.6 Å². The minimum atomic E-state index is -0.782. The third kappa shape index (κ3) is 2.67. The van der Waals surface area contributed by atoms with Crippen molar-refractivity contribution < 1.29 is 9.13 Å². The molecule has 8 nitrogen and oxygen atoms in total. The Balaban J connectivity index is 1.74. The van der Waals surface area contributed by atoms with Gasteiger partial charge in [0.1, 0.15) is 11.2 Å². The van der Waals surface area contributed by atoms with Gasteiger partial charge in [-0.3, -0.25) is 9.20 Å². The Morgan fingerprint density at radius 2 is 1.93 bits per heavy atom. The van der Waals surface area contributed by atoms with Gasteiger partial charge in [-0.2, -0.15) is 4.68 Å². The van der Waals surface area contributed by atoms with Gasteiger partial charge in [-0.15, -0.1) is 0 Å². The first kappa shape index (κ1) is 18.5. The lowest BCUT2D eigenvalue weighted by Crippen LogP contribution is -2.44. The van der Waals surface area contributed by atoms with Gasteiger partial charge in [0.25, 0.3) is 5.56 Å². The summed E-state index contributed by atoms with van der Waals surface area (Å²) in [5.41, 5.74) is 6.09. The number of rotatable bonds is 3. The van der Waals surface area contributed by atoms with Crippen LogP contribution >= 0.6 is 0 Å². The summed E-state index contributed by atoms with van der Waals surface area (Å²) in [4.78, 5) is 27.3. The molecular weight excluding hydrogens is 377 g/mol. The first-order valence-electron chi connectivity index (χ1n) is 10.3. The summed E-state index contributed by atoms with van der Waals surface area (Å²) in [5.74, 6) is 6.10. The van der Waals surface area contributed by atoms with Crippen molar-refractivity contribution in [1.29, 1.82) is 0 Å². The van der Waals surface area contributed by atoms with E-state index in [1.165, 1.54) is 7.11 Å². The highest BCUT2D eigenvalue weighted by Crippen LogP contribution is 2.46. The van der Waals surface area contributed by atoms with Crippen molar-refractivity contribution in [3.8, 4) is 5.75 Å². The molecule has 0 bridgehead atoms. The number of nitrogens with zero attached hydrogens (tertiary/aromatic N) is 3. The Morgan fingerprint density at radius 1 is 1.17 bits per heavy atom. The molecule has 5 rings (SSSR count). The lowest BCUT2D eigenvalue weighted by atomic mass is 9.78. The molecule has 0 amide bonds. The van der Waals surface area contributed by atoms with Gasteiger partial charge in [-0.05, 0) is 43.4 Å². The number of hydrogen-bond acceptors (Lipinski definition) is 6. The first-order valence-corrected chi connectivity index (χ1v) is 10.3. The molecule has 9 heteroatoms. The van der Waals surface area contributed by atoms with E-state index in [1.54, 1.807) is 0 Å². The average molecular weight is 403 g/mol. The monoisotopic (exact) mass is 403 g/mol. The Morgan fingerprint density at radius 3 is 2.59 bits per heavy atom. The second kappa shape index (κ2) is 6.48. The number of halogens is 1. The summed E-state index contributed by atoms with van der Waals surface area (Å²) in [6.45, 7) is 1.34. The number of aromatic nitrogens is 2. The van der Waals surface area contributed by atoms with Gasteiger partial charge in [0.05, 0.1) is 18.9 Å². The maximum absolute atomic E-state index is 15.3. The van der Waals surface area contributed by atoms with E-state index in [0.717, 1.165) is 42.7 Å². The molecule has 2 aromatic rings. The van der Waals surface area contributed by atoms with Gasteiger partial charge in [0, 0.05) is 19.1 Å². The maximum atomic E-state index is 15.3. The third-order valence-electron chi connectivity index (χ3n) is 6.92. The van der Waals surface area contributed by atoms with E-state index >= 15 is 4.39 Å². The number of nitrogen functional groups attached to an aromatic ring is 1. The largest absolute Gasteiger partial charge is 0.492 e. The predicted octanol–water partition coefficient (Wildman–Crippen LogP) is 0.764. The number of fused-ring (bicyclic) bond motifs is 2. The quantitative estimate of drug-likeness (QED) is 0.733. The van der Waals surface area contributed by atoms with Crippen LogP contribution in [-0.4, -0.2) is 35.3 Å². The van der Waals surface area contributed by atoms with Crippen molar-refractivity contribution >= 4 is 11.2 Å². The average Bonchev–Trinajstić information content (AvgIpc) is 3.44. The molecule has 2 aromatic heterocycles. The zero-order valence-corrected chi connectivity index (χ0v) is 16.4. The molecular formula is C20H26FN5O3. The molecule has 1 saturated heterocycles. The van der Waals surface area contributed by atoms with E-state index in [2.05, 4.69) is 0 Å². The zero-order chi connectivity index (χ0) is 20.4. The van der Waals surface area contributed by atoms with Crippen LogP contribution in [0.3, 0.4) is 0 Å². The number of pyridine rings is 1. The third-order valence-corrected chi connectivity index (χ3v) is 6.92. The van der Waals surface area contributed by atoms with Crippen molar-refractivity contribution in [2.24, 2.45) is 17.6 Å². The molecule has 0 aromatic carbocycles. The Labute approximate surface area is 166 Å². The zero-order valence-electron chi connectivity index (χ0n) is 16.4. The minimum Gasteiger partial charge on any atom is -0.492 e. The normalized spacial score (nSPS) is 26.7. The van der Waals surface area contributed by atoms with Crippen molar-refractivity contribution in [2.75, 3.05) is 30.9 Å². The van der Waals surface area contributed by atoms with Crippen LogP contribution in [0.5, 0.6) is 5.75 Å². The van der Waals surface area contributed by atoms with Crippen LogP contribution < -0.4 is 32.5 Å². The highest BCUT2D eigenvalue weighted by molar-refractivity contribution is 5.78. The first-order chi connectivity index (χ1) is 13.9. The van der Waals surface area contributed by atoms with Gasteiger partial charge in [-0.1, -0.05) is 6.42 Å². The summed E-state index contributed by atoms with van der Waals surface area (Å²) in [6, 6.07) is 0.113. The topological polar surface area (TPSA) is 108 Å². The second-order valence-electron chi connectivity index (χ2n) is 8.65. The molecule has 156 valence electrons. The molecule has 3 fully saturated rings. The fourth-order valence-corrected chi connectivity index (χ4v) is 5.33.